The Morgan fingerprint density at radius 3 is 2.38 bits per heavy atom. The minimum Gasteiger partial charge on any atom is -0.415 e. The molecule has 1 N–H and O–H groups in total. The lowest BCUT2D eigenvalue weighted by Crippen LogP contribution is -2.44. The summed E-state index contributed by atoms with van der Waals surface area (Å²) in [5.74, 6) is 0.546. The molecule has 1 unspecified atom stereocenters. The summed E-state index contributed by atoms with van der Waals surface area (Å²) in [6.07, 6.45) is 0. The Kier molecular flexibility index (Phi) is 4.03. The van der Waals surface area contributed by atoms with Gasteiger partial charge >= 0.3 is 0 Å². The Bertz CT molecular complexity index is 268. The molecular formula is C13H27NOSi. The lowest BCUT2D eigenvalue weighted by atomic mass is 10.0. The molecule has 0 aromatic carbocycles. The molecule has 2 nitrogen and oxygen atoms in total. The van der Waals surface area contributed by atoms with Crippen LogP contribution < -0.4 is 5.32 Å². The molecule has 0 amide bonds. The van der Waals surface area contributed by atoms with Gasteiger partial charge in [0.25, 0.3) is 0 Å². The summed E-state index contributed by atoms with van der Waals surface area (Å²) in [5, 5.41) is 3.78. The van der Waals surface area contributed by atoms with Crippen molar-refractivity contribution >= 4 is 8.32 Å². The molecule has 0 saturated carbocycles. The van der Waals surface area contributed by atoms with Crippen molar-refractivity contribution in [2.24, 2.45) is 5.92 Å². The molecule has 1 heterocycles. The molecule has 1 fully saturated rings. The highest BCUT2D eigenvalue weighted by Gasteiger charge is 2.38. The molecule has 3 heteroatoms. The summed E-state index contributed by atoms with van der Waals surface area (Å²) in [4.78, 5) is 0. The summed E-state index contributed by atoms with van der Waals surface area (Å²) in [5.41, 5.74) is 1.31. The van der Waals surface area contributed by atoms with E-state index in [1.807, 2.05) is 0 Å². The summed E-state index contributed by atoms with van der Waals surface area (Å²) in [6, 6.07) is 0.460. The summed E-state index contributed by atoms with van der Waals surface area (Å²) in [6.45, 7) is 19.5. The molecule has 0 aliphatic carbocycles. The monoisotopic (exact) mass is 241 g/mol. The van der Waals surface area contributed by atoms with Gasteiger partial charge in [-0.15, -0.1) is 0 Å². The fraction of sp³-hybridized carbons (Fsp3) is 0.846. The minimum absolute atomic E-state index is 0.297. The van der Waals surface area contributed by atoms with Crippen LogP contribution in [0.4, 0.5) is 0 Å². The zero-order valence-corrected chi connectivity index (χ0v) is 12.7. The van der Waals surface area contributed by atoms with Crippen LogP contribution >= 0.6 is 0 Å². The second-order valence-electron chi connectivity index (χ2n) is 6.51. The minimum atomic E-state index is -1.59. The van der Waals surface area contributed by atoms with Gasteiger partial charge in [-0.2, -0.15) is 0 Å². The van der Waals surface area contributed by atoms with Gasteiger partial charge in [-0.3, -0.25) is 0 Å². The van der Waals surface area contributed by atoms with Crippen molar-refractivity contribution in [1.29, 1.82) is 0 Å². The van der Waals surface area contributed by atoms with Crippen molar-refractivity contribution < 1.29 is 4.43 Å². The molecule has 94 valence electrons. The molecule has 1 saturated heterocycles. The quantitative estimate of drug-likeness (QED) is 0.605. The Morgan fingerprint density at radius 2 is 2.00 bits per heavy atom. The van der Waals surface area contributed by atoms with E-state index in [4.69, 9.17) is 4.43 Å². The maximum absolute atomic E-state index is 6.23. The molecule has 0 spiro atoms. The van der Waals surface area contributed by atoms with E-state index in [2.05, 4.69) is 52.7 Å². The van der Waals surface area contributed by atoms with Crippen molar-refractivity contribution in [3.8, 4) is 0 Å². The van der Waals surface area contributed by atoms with Crippen molar-refractivity contribution in [2.45, 2.75) is 51.9 Å². The van der Waals surface area contributed by atoms with E-state index in [1.165, 1.54) is 5.57 Å². The van der Waals surface area contributed by atoms with Crippen molar-refractivity contribution in [3.63, 3.8) is 0 Å². The average molecular weight is 241 g/mol. The van der Waals surface area contributed by atoms with Crippen molar-refractivity contribution in [1.82, 2.24) is 5.32 Å². The zero-order valence-electron chi connectivity index (χ0n) is 11.7. The topological polar surface area (TPSA) is 21.3 Å². The van der Waals surface area contributed by atoms with Gasteiger partial charge in [-0.05, 0) is 24.1 Å². The SMILES string of the molecule is C=C1CNC(CO[Si](C)(C)C(C)(C)C)[C@H]1C. The van der Waals surface area contributed by atoms with Crippen LogP contribution in [0.25, 0.3) is 0 Å². The first kappa shape index (κ1) is 13.9. The third-order valence-electron chi connectivity index (χ3n) is 4.27. The average Bonchev–Trinajstić information content (AvgIpc) is 2.43. The summed E-state index contributed by atoms with van der Waals surface area (Å²) in [7, 11) is -1.59. The van der Waals surface area contributed by atoms with Crippen molar-refractivity contribution in [2.75, 3.05) is 13.2 Å². The van der Waals surface area contributed by atoms with Crippen LogP contribution in [0.5, 0.6) is 0 Å². The molecule has 0 bridgehead atoms. The van der Waals surface area contributed by atoms with Crippen LogP contribution in [0.15, 0.2) is 12.2 Å². The smallest absolute Gasteiger partial charge is 0.192 e. The van der Waals surface area contributed by atoms with Gasteiger partial charge < -0.3 is 9.74 Å². The van der Waals surface area contributed by atoms with Crippen LogP contribution in [-0.4, -0.2) is 27.5 Å². The fourth-order valence-corrected chi connectivity index (χ4v) is 2.63. The molecule has 0 aromatic rings. The van der Waals surface area contributed by atoms with Crippen molar-refractivity contribution in [3.05, 3.63) is 12.2 Å². The van der Waals surface area contributed by atoms with Gasteiger partial charge in [0.2, 0.25) is 0 Å². The van der Waals surface area contributed by atoms with E-state index in [0.29, 0.717) is 17.0 Å². The Morgan fingerprint density at radius 1 is 1.44 bits per heavy atom. The van der Waals surface area contributed by atoms with Crippen LogP contribution in [-0.2, 0) is 4.43 Å². The molecular weight excluding hydrogens is 214 g/mol. The normalized spacial score (nSPS) is 27.5. The van der Waals surface area contributed by atoms with E-state index < -0.39 is 8.32 Å². The van der Waals surface area contributed by atoms with E-state index in [0.717, 1.165) is 13.2 Å². The highest BCUT2D eigenvalue weighted by molar-refractivity contribution is 6.74. The molecule has 16 heavy (non-hydrogen) atoms. The number of rotatable bonds is 3. The van der Waals surface area contributed by atoms with Gasteiger partial charge in [0, 0.05) is 19.2 Å². The molecule has 1 aliphatic rings. The molecule has 0 aromatic heterocycles. The molecule has 0 radical (unpaired) electrons. The van der Waals surface area contributed by atoms with Gasteiger partial charge in [0.05, 0.1) is 0 Å². The first-order valence-corrected chi connectivity index (χ1v) is 9.11. The standard InChI is InChI=1S/C13H27NOSi/c1-10-8-14-12(11(10)2)9-15-16(6,7)13(3,4)5/h11-12,14H,1,8-9H2,2-7H3/t11-,12?/m0/s1. The predicted octanol–water partition coefficient (Wildman–Crippen LogP) is 3.17. The Balaban J connectivity index is 2.49. The maximum atomic E-state index is 6.23. The fourth-order valence-electron chi connectivity index (χ4n) is 1.60. The Labute approximate surface area is 102 Å². The largest absolute Gasteiger partial charge is 0.415 e. The van der Waals surface area contributed by atoms with E-state index in [1.54, 1.807) is 0 Å². The van der Waals surface area contributed by atoms with E-state index in [9.17, 15) is 0 Å². The number of hydrogen-bond donors (Lipinski definition) is 1. The zero-order chi connectivity index (χ0) is 12.6. The highest BCUT2D eigenvalue weighted by atomic mass is 28.4. The summed E-state index contributed by atoms with van der Waals surface area (Å²) < 4.78 is 6.23. The third kappa shape index (κ3) is 2.96. The van der Waals surface area contributed by atoms with Gasteiger partial charge in [-0.1, -0.05) is 39.8 Å². The predicted molar refractivity (Wildman–Crippen MR) is 73.2 cm³/mol. The van der Waals surface area contributed by atoms with Gasteiger partial charge in [0.1, 0.15) is 0 Å². The molecule has 1 rings (SSSR count). The first-order chi connectivity index (χ1) is 7.15. The second kappa shape index (κ2) is 4.63. The molecule has 2 atom stereocenters. The van der Waals surface area contributed by atoms with Gasteiger partial charge in [0.15, 0.2) is 8.32 Å². The molecule has 1 aliphatic heterocycles. The maximum Gasteiger partial charge on any atom is 0.192 e. The van der Waals surface area contributed by atoms with E-state index >= 15 is 0 Å². The van der Waals surface area contributed by atoms with Crippen LogP contribution in [0.3, 0.4) is 0 Å². The van der Waals surface area contributed by atoms with Crippen LogP contribution in [0.2, 0.25) is 18.1 Å². The van der Waals surface area contributed by atoms with Gasteiger partial charge in [-0.25, -0.2) is 0 Å². The summed E-state index contributed by atoms with van der Waals surface area (Å²) >= 11 is 0. The highest BCUT2D eigenvalue weighted by Crippen LogP contribution is 2.37. The third-order valence-corrected chi connectivity index (χ3v) is 8.77. The number of hydrogen-bond acceptors (Lipinski definition) is 2. The lowest BCUT2D eigenvalue weighted by Gasteiger charge is -2.37. The Hall–Kier alpha value is -0.123. The van der Waals surface area contributed by atoms with E-state index in [-0.39, 0.29) is 0 Å². The van der Waals surface area contributed by atoms with Crippen LogP contribution in [0.1, 0.15) is 27.7 Å². The second-order valence-corrected chi connectivity index (χ2v) is 11.3. The first-order valence-electron chi connectivity index (χ1n) is 6.20. The van der Waals surface area contributed by atoms with Crippen LogP contribution in [0, 0.1) is 5.92 Å². The lowest BCUT2D eigenvalue weighted by molar-refractivity contribution is 0.237. The number of nitrogens with one attached hydrogen (secondary N) is 1.